The quantitative estimate of drug-likeness (QED) is 0.795. The zero-order valence-electron chi connectivity index (χ0n) is 15.9. The Bertz CT molecular complexity index is 743. The first-order valence-corrected chi connectivity index (χ1v) is 9.83. The number of likely N-dealkylation sites (tertiary alicyclic amines) is 1. The molecule has 4 rings (SSSR count). The molecule has 1 saturated heterocycles. The lowest BCUT2D eigenvalue weighted by Gasteiger charge is -2.45. The molecule has 1 fully saturated rings. The Balaban J connectivity index is 1.54. The zero-order valence-corrected chi connectivity index (χ0v) is 15.9. The highest BCUT2D eigenvalue weighted by molar-refractivity contribution is 5.53. The molecular formula is C23H29NO2. The first-order valence-electron chi connectivity index (χ1n) is 9.83. The lowest BCUT2D eigenvalue weighted by atomic mass is 9.74. The van der Waals surface area contributed by atoms with E-state index in [2.05, 4.69) is 47.4 Å². The highest BCUT2D eigenvalue weighted by Gasteiger charge is 2.37. The molecule has 2 aliphatic rings. The summed E-state index contributed by atoms with van der Waals surface area (Å²) in [5.74, 6) is 2.44. The number of rotatable bonds is 5. The number of benzene rings is 2. The van der Waals surface area contributed by atoms with Crippen LogP contribution in [0.4, 0.5) is 0 Å². The third-order valence-electron chi connectivity index (χ3n) is 6.20. The van der Waals surface area contributed by atoms with Crippen LogP contribution < -0.4 is 9.47 Å². The Kier molecular flexibility index (Phi) is 5.16. The number of nitrogens with zero attached hydrogens (tertiary/aromatic N) is 1. The van der Waals surface area contributed by atoms with Gasteiger partial charge in [0, 0.05) is 18.2 Å². The summed E-state index contributed by atoms with van der Waals surface area (Å²) in [6.45, 7) is 2.39. The monoisotopic (exact) mass is 351 g/mol. The van der Waals surface area contributed by atoms with E-state index in [1.54, 1.807) is 14.2 Å². The molecule has 2 atom stereocenters. The molecule has 0 unspecified atom stereocenters. The molecule has 3 heteroatoms. The van der Waals surface area contributed by atoms with Gasteiger partial charge in [-0.05, 0) is 61.8 Å². The van der Waals surface area contributed by atoms with Crippen molar-refractivity contribution < 1.29 is 9.47 Å². The zero-order chi connectivity index (χ0) is 17.9. The molecule has 1 aliphatic heterocycles. The fourth-order valence-corrected chi connectivity index (χ4v) is 4.97. The number of hydrogen-bond acceptors (Lipinski definition) is 3. The van der Waals surface area contributed by atoms with Gasteiger partial charge in [-0.1, -0.05) is 36.4 Å². The van der Waals surface area contributed by atoms with Gasteiger partial charge in [0.1, 0.15) is 0 Å². The normalized spacial score (nSPS) is 22.4. The van der Waals surface area contributed by atoms with Gasteiger partial charge in [-0.2, -0.15) is 0 Å². The van der Waals surface area contributed by atoms with Gasteiger partial charge in [-0.3, -0.25) is 4.90 Å². The minimum Gasteiger partial charge on any atom is -0.493 e. The fraction of sp³-hybridized carbons (Fsp3) is 0.478. The Labute approximate surface area is 156 Å². The minimum absolute atomic E-state index is 0.628. The molecule has 2 aromatic carbocycles. The Morgan fingerprint density at radius 2 is 1.85 bits per heavy atom. The Morgan fingerprint density at radius 3 is 2.62 bits per heavy atom. The van der Waals surface area contributed by atoms with Gasteiger partial charge in [-0.15, -0.1) is 0 Å². The van der Waals surface area contributed by atoms with Crippen molar-refractivity contribution in [1.82, 2.24) is 4.90 Å². The Hall–Kier alpha value is -2.00. The van der Waals surface area contributed by atoms with Crippen molar-refractivity contribution in [2.75, 3.05) is 27.3 Å². The van der Waals surface area contributed by atoms with Crippen LogP contribution in [0.15, 0.2) is 42.5 Å². The van der Waals surface area contributed by atoms with E-state index in [0.29, 0.717) is 12.0 Å². The van der Waals surface area contributed by atoms with E-state index in [0.717, 1.165) is 30.9 Å². The molecule has 3 nitrogen and oxygen atoms in total. The standard InChI is InChI=1S/C23H29NO2/c1-25-22-13-11-18-19-9-6-15-24(16-14-17-7-4-3-5-8-17)21(19)12-10-20(18)23(22)26-2/h3-5,7-8,11,13,19,21H,6,9-10,12,14-16H2,1-2H3/t19-,21-/m1/s1. The summed E-state index contributed by atoms with van der Waals surface area (Å²) in [5, 5.41) is 0. The lowest BCUT2D eigenvalue weighted by molar-refractivity contribution is 0.113. The molecule has 0 amide bonds. The summed E-state index contributed by atoms with van der Waals surface area (Å²) in [6, 6.07) is 15.9. The SMILES string of the molecule is COc1ccc2c(c1OC)CC[C@@H]1[C@@H]2CCCN1CCc1ccccc1. The van der Waals surface area contributed by atoms with Crippen molar-refractivity contribution in [1.29, 1.82) is 0 Å². The van der Waals surface area contributed by atoms with Crippen LogP contribution in [-0.2, 0) is 12.8 Å². The second-order valence-electron chi connectivity index (χ2n) is 7.50. The number of fused-ring (bicyclic) bond motifs is 3. The summed E-state index contributed by atoms with van der Waals surface area (Å²) in [6.07, 6.45) is 6.01. The van der Waals surface area contributed by atoms with Gasteiger partial charge in [0.05, 0.1) is 14.2 Å². The second kappa shape index (κ2) is 7.71. The smallest absolute Gasteiger partial charge is 0.164 e. The van der Waals surface area contributed by atoms with Crippen molar-refractivity contribution in [3.05, 3.63) is 59.2 Å². The van der Waals surface area contributed by atoms with Crippen LogP contribution in [0.25, 0.3) is 0 Å². The van der Waals surface area contributed by atoms with Crippen molar-refractivity contribution in [2.45, 2.75) is 44.1 Å². The summed E-state index contributed by atoms with van der Waals surface area (Å²) < 4.78 is 11.2. The van der Waals surface area contributed by atoms with E-state index in [4.69, 9.17) is 9.47 Å². The summed E-state index contributed by atoms with van der Waals surface area (Å²) in [4.78, 5) is 2.74. The van der Waals surface area contributed by atoms with Crippen LogP contribution >= 0.6 is 0 Å². The topological polar surface area (TPSA) is 21.7 Å². The summed E-state index contributed by atoms with van der Waals surface area (Å²) >= 11 is 0. The van der Waals surface area contributed by atoms with Gasteiger partial charge in [0.2, 0.25) is 0 Å². The van der Waals surface area contributed by atoms with E-state index >= 15 is 0 Å². The molecule has 0 N–H and O–H groups in total. The average Bonchev–Trinajstić information content (AvgIpc) is 2.71. The molecule has 0 aromatic heterocycles. The van der Waals surface area contributed by atoms with Crippen molar-refractivity contribution >= 4 is 0 Å². The third kappa shape index (κ3) is 3.21. The van der Waals surface area contributed by atoms with E-state index in [9.17, 15) is 0 Å². The molecule has 1 aliphatic carbocycles. The van der Waals surface area contributed by atoms with Gasteiger partial charge in [0.15, 0.2) is 11.5 Å². The summed E-state index contributed by atoms with van der Waals surface area (Å²) in [5.41, 5.74) is 4.30. The summed E-state index contributed by atoms with van der Waals surface area (Å²) in [7, 11) is 3.49. The van der Waals surface area contributed by atoms with Gasteiger partial charge < -0.3 is 9.47 Å². The minimum atomic E-state index is 0.628. The van der Waals surface area contributed by atoms with Crippen LogP contribution in [0, 0.1) is 0 Å². The predicted octanol–water partition coefficient (Wildman–Crippen LogP) is 4.44. The van der Waals surface area contributed by atoms with Crippen LogP contribution in [0.1, 0.15) is 41.9 Å². The van der Waals surface area contributed by atoms with Crippen LogP contribution in [-0.4, -0.2) is 38.3 Å². The van der Waals surface area contributed by atoms with E-state index < -0.39 is 0 Å². The number of piperidine rings is 1. The fourth-order valence-electron chi connectivity index (χ4n) is 4.97. The van der Waals surface area contributed by atoms with Gasteiger partial charge in [0.25, 0.3) is 0 Å². The average molecular weight is 351 g/mol. The highest BCUT2D eigenvalue weighted by atomic mass is 16.5. The molecule has 138 valence electrons. The maximum atomic E-state index is 5.71. The number of methoxy groups -OCH3 is 2. The molecule has 0 radical (unpaired) electrons. The Morgan fingerprint density at radius 1 is 1.00 bits per heavy atom. The number of ether oxygens (including phenoxy) is 2. The largest absolute Gasteiger partial charge is 0.493 e. The highest BCUT2D eigenvalue weighted by Crippen LogP contribution is 2.46. The predicted molar refractivity (Wildman–Crippen MR) is 105 cm³/mol. The van der Waals surface area contributed by atoms with Crippen molar-refractivity contribution in [3.8, 4) is 11.5 Å². The molecule has 1 heterocycles. The maximum Gasteiger partial charge on any atom is 0.164 e. The maximum absolute atomic E-state index is 5.71. The van der Waals surface area contributed by atoms with Crippen LogP contribution in [0.5, 0.6) is 11.5 Å². The van der Waals surface area contributed by atoms with E-state index in [-0.39, 0.29) is 0 Å². The van der Waals surface area contributed by atoms with Crippen LogP contribution in [0.3, 0.4) is 0 Å². The number of hydrogen-bond donors (Lipinski definition) is 0. The molecule has 0 spiro atoms. The first kappa shape index (κ1) is 17.4. The van der Waals surface area contributed by atoms with Gasteiger partial charge >= 0.3 is 0 Å². The molecule has 0 bridgehead atoms. The van der Waals surface area contributed by atoms with Crippen molar-refractivity contribution in [2.24, 2.45) is 0 Å². The van der Waals surface area contributed by atoms with E-state index in [1.807, 2.05) is 0 Å². The van der Waals surface area contributed by atoms with E-state index in [1.165, 1.54) is 42.5 Å². The van der Waals surface area contributed by atoms with Crippen LogP contribution in [0.2, 0.25) is 0 Å². The van der Waals surface area contributed by atoms with Crippen molar-refractivity contribution in [3.63, 3.8) is 0 Å². The molecular weight excluding hydrogens is 322 g/mol. The van der Waals surface area contributed by atoms with Gasteiger partial charge in [-0.25, -0.2) is 0 Å². The third-order valence-corrected chi connectivity index (χ3v) is 6.20. The first-order chi connectivity index (χ1) is 12.8. The molecule has 0 saturated carbocycles. The second-order valence-corrected chi connectivity index (χ2v) is 7.50. The lowest BCUT2D eigenvalue weighted by Crippen LogP contribution is -2.47. The molecule has 2 aromatic rings. The molecule has 26 heavy (non-hydrogen) atoms.